The molecule has 0 aromatic heterocycles. The van der Waals surface area contributed by atoms with Gasteiger partial charge in [-0.3, -0.25) is 9.59 Å². The third-order valence-corrected chi connectivity index (χ3v) is 4.87. The molecule has 0 heterocycles. The number of carbonyl (C=O) groups is 2. The molecule has 155 valence electrons. The maximum absolute atomic E-state index is 11.0. The predicted molar refractivity (Wildman–Crippen MR) is 112 cm³/mol. The van der Waals surface area contributed by atoms with Gasteiger partial charge in [0.15, 0.2) is 0 Å². The number of hydrogen-bond acceptors (Lipinski definition) is 3. The van der Waals surface area contributed by atoms with Crippen LogP contribution in [0.15, 0.2) is 0 Å². The normalized spacial score (nSPS) is 11.7. The minimum atomic E-state index is -0.961. The summed E-state index contributed by atoms with van der Waals surface area (Å²) in [7, 11) is 0. The Hall–Kier alpha value is -0.503. The van der Waals surface area contributed by atoms with Gasteiger partial charge in [-0.2, -0.15) is 0 Å². The number of unbranched alkanes of at least 4 members (excludes halogenated alkanes) is 13. The van der Waals surface area contributed by atoms with E-state index >= 15 is 0 Å². The Morgan fingerprint density at radius 2 is 1.15 bits per heavy atom. The molecule has 0 aliphatic rings. The molecule has 0 saturated carbocycles. The molecule has 0 aromatic carbocycles. The third-order valence-electron chi connectivity index (χ3n) is 4.87. The van der Waals surface area contributed by atoms with Crippen molar-refractivity contribution in [2.24, 2.45) is 0 Å². The molecule has 0 rings (SSSR count). The van der Waals surface area contributed by atoms with Crippen molar-refractivity contribution in [1.82, 2.24) is 5.32 Å². The van der Waals surface area contributed by atoms with Crippen LogP contribution in [0.2, 0.25) is 0 Å². The second kappa shape index (κ2) is 21.8. The van der Waals surface area contributed by atoms with E-state index in [2.05, 4.69) is 12.2 Å². The van der Waals surface area contributed by atoms with Crippen LogP contribution in [0, 0.1) is 0 Å². The van der Waals surface area contributed by atoms with Gasteiger partial charge in [0.2, 0.25) is 0 Å². The van der Waals surface area contributed by atoms with Gasteiger partial charge in [-0.05, 0) is 19.4 Å². The minimum absolute atomic E-state index is 0. The summed E-state index contributed by atoms with van der Waals surface area (Å²) in [6.07, 6.45) is 18.2. The van der Waals surface area contributed by atoms with Crippen molar-refractivity contribution in [3.8, 4) is 0 Å². The number of rotatable bonds is 20. The first-order chi connectivity index (χ1) is 12.6. The Balaban J connectivity index is 0. The van der Waals surface area contributed by atoms with Crippen molar-refractivity contribution in [3.05, 3.63) is 0 Å². The first kappa shape index (κ1) is 28.7. The van der Waals surface area contributed by atoms with Crippen LogP contribution in [0.3, 0.4) is 0 Å². The van der Waals surface area contributed by atoms with E-state index < -0.39 is 18.0 Å². The van der Waals surface area contributed by atoms with Gasteiger partial charge in [-0.1, -0.05) is 90.4 Å². The van der Waals surface area contributed by atoms with E-state index in [0.717, 1.165) is 12.8 Å². The van der Waals surface area contributed by atoms with Gasteiger partial charge in [0.05, 0.1) is 0 Å². The molecule has 27 heavy (non-hydrogen) atoms. The average molecular weight is 379 g/mol. The van der Waals surface area contributed by atoms with E-state index in [4.69, 9.17) is 10.2 Å². The summed E-state index contributed by atoms with van der Waals surface area (Å²) >= 11 is 0. The van der Waals surface area contributed by atoms with E-state index in [1.807, 2.05) is 0 Å². The Bertz CT molecular complexity index is 353. The fourth-order valence-electron chi connectivity index (χ4n) is 3.18. The second-order valence-electron chi connectivity index (χ2n) is 7.37. The van der Waals surface area contributed by atoms with Crippen LogP contribution in [0.5, 0.6) is 0 Å². The molecule has 6 heteroatoms. The van der Waals surface area contributed by atoms with Crippen LogP contribution < -0.4 is 5.32 Å². The smallest absolute Gasteiger partial charge is 0.320 e. The SMILES string of the molecule is CCCCCCCCCCCCCCCCN[C@@H](CCC(=O)O)C(=O)O.[Li]. The summed E-state index contributed by atoms with van der Waals surface area (Å²) in [4.78, 5) is 21.6. The minimum Gasteiger partial charge on any atom is -0.481 e. The van der Waals surface area contributed by atoms with Crippen molar-refractivity contribution >= 4 is 30.8 Å². The Morgan fingerprint density at radius 3 is 1.52 bits per heavy atom. The zero-order valence-electron chi connectivity index (χ0n) is 17.8. The van der Waals surface area contributed by atoms with Gasteiger partial charge < -0.3 is 15.5 Å². The molecule has 1 atom stereocenters. The van der Waals surface area contributed by atoms with Gasteiger partial charge in [0, 0.05) is 25.3 Å². The van der Waals surface area contributed by atoms with Crippen LogP contribution in [0.1, 0.15) is 110 Å². The molecule has 0 amide bonds. The van der Waals surface area contributed by atoms with Crippen molar-refractivity contribution in [2.45, 2.75) is 116 Å². The Kier molecular flexibility index (Phi) is 23.2. The molecular formula is C21H41LiNO4. The van der Waals surface area contributed by atoms with Gasteiger partial charge in [-0.25, -0.2) is 0 Å². The van der Waals surface area contributed by atoms with E-state index in [-0.39, 0.29) is 31.7 Å². The van der Waals surface area contributed by atoms with Gasteiger partial charge >= 0.3 is 11.9 Å². The van der Waals surface area contributed by atoms with Crippen LogP contribution in [-0.2, 0) is 9.59 Å². The first-order valence-electron chi connectivity index (χ1n) is 10.8. The summed E-state index contributed by atoms with van der Waals surface area (Å²) in [5.74, 6) is -1.91. The summed E-state index contributed by atoms with van der Waals surface area (Å²) in [5.41, 5.74) is 0. The van der Waals surface area contributed by atoms with E-state index in [1.54, 1.807) is 0 Å². The summed E-state index contributed by atoms with van der Waals surface area (Å²) < 4.78 is 0. The molecule has 1 radical (unpaired) electrons. The summed E-state index contributed by atoms with van der Waals surface area (Å²) in [5, 5.41) is 20.6. The maximum atomic E-state index is 11.0. The van der Waals surface area contributed by atoms with Gasteiger partial charge in [-0.15, -0.1) is 0 Å². The number of aliphatic carboxylic acids is 2. The molecule has 5 nitrogen and oxygen atoms in total. The summed E-state index contributed by atoms with van der Waals surface area (Å²) in [6.45, 7) is 2.90. The standard InChI is InChI=1S/C21H41NO4.Li/c1-2-3-4-5-6-7-8-9-10-11-12-13-14-15-18-22-19(21(25)26)16-17-20(23)24;/h19,22H,2-18H2,1H3,(H,23,24)(H,25,26);/t19-;/m0./s1. The molecule has 0 bridgehead atoms. The summed E-state index contributed by atoms with van der Waals surface area (Å²) in [6, 6.07) is -0.743. The largest absolute Gasteiger partial charge is 0.481 e. The number of carboxylic acids is 2. The van der Waals surface area contributed by atoms with E-state index in [0.29, 0.717) is 6.54 Å². The third kappa shape index (κ3) is 21.7. The maximum Gasteiger partial charge on any atom is 0.320 e. The van der Waals surface area contributed by atoms with Crippen molar-refractivity contribution in [3.63, 3.8) is 0 Å². The average Bonchev–Trinajstić information content (AvgIpc) is 2.60. The van der Waals surface area contributed by atoms with Crippen molar-refractivity contribution in [1.29, 1.82) is 0 Å². The van der Waals surface area contributed by atoms with Crippen LogP contribution >= 0.6 is 0 Å². The molecule has 0 aliphatic heterocycles. The predicted octanol–water partition coefficient (Wildman–Crippen LogP) is 4.99. The van der Waals surface area contributed by atoms with Gasteiger partial charge in [0.25, 0.3) is 0 Å². The molecule has 0 saturated heterocycles. The number of nitrogens with one attached hydrogen (secondary N) is 1. The van der Waals surface area contributed by atoms with Crippen molar-refractivity contribution in [2.75, 3.05) is 6.54 Å². The zero-order valence-corrected chi connectivity index (χ0v) is 17.8. The fraction of sp³-hybridized carbons (Fsp3) is 0.905. The topological polar surface area (TPSA) is 86.6 Å². The number of carboxylic acid groups (broad SMARTS) is 2. The molecule has 0 spiro atoms. The van der Waals surface area contributed by atoms with Crippen molar-refractivity contribution < 1.29 is 19.8 Å². The van der Waals surface area contributed by atoms with Crippen LogP contribution in [-0.4, -0.2) is 53.6 Å². The Morgan fingerprint density at radius 1 is 0.741 bits per heavy atom. The van der Waals surface area contributed by atoms with Crippen LogP contribution in [0.25, 0.3) is 0 Å². The zero-order chi connectivity index (χ0) is 19.5. The monoisotopic (exact) mass is 378 g/mol. The second-order valence-corrected chi connectivity index (χ2v) is 7.37. The molecular weight excluding hydrogens is 337 g/mol. The quantitative estimate of drug-likeness (QED) is 0.205. The van der Waals surface area contributed by atoms with E-state index in [9.17, 15) is 9.59 Å². The molecule has 0 unspecified atom stereocenters. The molecule has 0 aromatic rings. The first-order valence-corrected chi connectivity index (χ1v) is 10.8. The molecule has 0 aliphatic carbocycles. The Labute approximate surface area is 178 Å². The fourth-order valence-corrected chi connectivity index (χ4v) is 3.18. The molecule has 0 fully saturated rings. The number of hydrogen-bond donors (Lipinski definition) is 3. The van der Waals surface area contributed by atoms with Crippen LogP contribution in [0.4, 0.5) is 0 Å². The van der Waals surface area contributed by atoms with E-state index in [1.165, 1.54) is 77.0 Å². The molecule has 3 N–H and O–H groups in total. The van der Waals surface area contributed by atoms with Gasteiger partial charge in [0.1, 0.15) is 6.04 Å².